The van der Waals surface area contributed by atoms with Crippen molar-refractivity contribution in [3.05, 3.63) is 28.8 Å². The fourth-order valence-electron chi connectivity index (χ4n) is 1.95. The fraction of sp³-hybridized carbons (Fsp3) is 0.231. The van der Waals surface area contributed by atoms with E-state index in [0.717, 1.165) is 34.6 Å². The summed E-state index contributed by atoms with van der Waals surface area (Å²) in [6.45, 7) is 0. The molecule has 0 spiro atoms. The normalized spacial score (nSPS) is 13.1. The van der Waals surface area contributed by atoms with Crippen LogP contribution in [0.2, 0.25) is 0 Å². The standard InChI is InChI=1S/C13H16N4O2/c1-18-12-5-10-3-9(7-16-17(15)8-14)4-11(10)6-13(12)19-2/h3,5-8,14H,4,15H2,1-2H3. The average Bonchev–Trinajstić information content (AvgIpc) is 2.84. The van der Waals surface area contributed by atoms with Crippen molar-refractivity contribution in [1.29, 1.82) is 5.41 Å². The predicted octanol–water partition coefficient (Wildman–Crippen LogP) is 1.41. The molecule has 0 amide bonds. The van der Waals surface area contributed by atoms with Crippen molar-refractivity contribution < 1.29 is 9.47 Å². The number of methoxy groups -OCH3 is 2. The molecule has 1 aromatic rings. The molecule has 0 aromatic heterocycles. The first-order valence-electron chi connectivity index (χ1n) is 5.72. The summed E-state index contributed by atoms with van der Waals surface area (Å²) in [7, 11) is 3.23. The lowest BCUT2D eigenvalue weighted by Crippen LogP contribution is -2.22. The number of nitrogens with zero attached hydrogens (tertiary/aromatic N) is 2. The van der Waals surface area contributed by atoms with Crippen LogP contribution in [0.15, 0.2) is 22.8 Å². The van der Waals surface area contributed by atoms with Gasteiger partial charge in [0.05, 0.1) is 20.4 Å². The molecule has 3 N–H and O–H groups in total. The van der Waals surface area contributed by atoms with Crippen LogP contribution < -0.4 is 15.3 Å². The average molecular weight is 260 g/mol. The van der Waals surface area contributed by atoms with Gasteiger partial charge < -0.3 is 9.47 Å². The van der Waals surface area contributed by atoms with E-state index >= 15 is 0 Å². The van der Waals surface area contributed by atoms with Gasteiger partial charge in [0.2, 0.25) is 0 Å². The number of hydrogen-bond acceptors (Lipinski definition) is 5. The van der Waals surface area contributed by atoms with Gasteiger partial charge in [0, 0.05) is 0 Å². The van der Waals surface area contributed by atoms with Gasteiger partial charge in [0.1, 0.15) is 6.34 Å². The minimum atomic E-state index is 0.704. The van der Waals surface area contributed by atoms with E-state index in [1.165, 1.54) is 0 Å². The Labute approximate surface area is 111 Å². The minimum Gasteiger partial charge on any atom is -0.493 e. The molecule has 0 atom stereocenters. The van der Waals surface area contributed by atoms with Crippen LogP contribution >= 0.6 is 0 Å². The summed E-state index contributed by atoms with van der Waals surface area (Å²) in [5.41, 5.74) is 3.25. The van der Waals surface area contributed by atoms with Gasteiger partial charge in [-0.05, 0) is 41.3 Å². The molecule has 0 unspecified atom stereocenters. The third-order valence-electron chi connectivity index (χ3n) is 2.87. The fourth-order valence-corrected chi connectivity index (χ4v) is 1.95. The zero-order valence-electron chi connectivity index (χ0n) is 10.9. The second kappa shape index (κ2) is 5.53. The number of allylic oxidation sites excluding steroid dienone is 1. The highest BCUT2D eigenvalue weighted by Crippen LogP contribution is 2.35. The van der Waals surface area contributed by atoms with Gasteiger partial charge in [-0.15, -0.1) is 0 Å². The molecular weight excluding hydrogens is 244 g/mol. The van der Waals surface area contributed by atoms with Gasteiger partial charge in [-0.25, -0.2) is 5.84 Å². The van der Waals surface area contributed by atoms with Crippen LogP contribution in [0.4, 0.5) is 0 Å². The molecule has 0 heterocycles. The third-order valence-corrected chi connectivity index (χ3v) is 2.87. The zero-order valence-corrected chi connectivity index (χ0v) is 10.9. The van der Waals surface area contributed by atoms with Crippen LogP contribution in [0.3, 0.4) is 0 Å². The number of ether oxygens (including phenoxy) is 2. The summed E-state index contributed by atoms with van der Waals surface area (Å²) in [4.78, 5) is 0. The van der Waals surface area contributed by atoms with Crippen molar-refractivity contribution >= 4 is 18.6 Å². The second-order valence-corrected chi connectivity index (χ2v) is 4.06. The number of rotatable bonds is 5. The van der Waals surface area contributed by atoms with Crippen molar-refractivity contribution in [1.82, 2.24) is 5.12 Å². The van der Waals surface area contributed by atoms with Crippen LogP contribution in [0.1, 0.15) is 11.1 Å². The lowest BCUT2D eigenvalue weighted by atomic mass is 10.1. The molecule has 0 saturated carbocycles. The maximum absolute atomic E-state index is 6.93. The van der Waals surface area contributed by atoms with Crippen LogP contribution in [0.5, 0.6) is 11.5 Å². The summed E-state index contributed by atoms with van der Waals surface area (Å²) in [5, 5.41) is 11.8. The van der Waals surface area contributed by atoms with Gasteiger partial charge >= 0.3 is 0 Å². The Bertz CT molecular complexity index is 552. The number of benzene rings is 1. The van der Waals surface area contributed by atoms with Gasteiger partial charge in [-0.1, -0.05) is 0 Å². The van der Waals surface area contributed by atoms with Crippen molar-refractivity contribution in [2.45, 2.75) is 6.42 Å². The van der Waals surface area contributed by atoms with Gasteiger partial charge in [-0.2, -0.15) is 10.2 Å². The Morgan fingerprint density at radius 2 is 2.00 bits per heavy atom. The van der Waals surface area contributed by atoms with Gasteiger partial charge in [0.15, 0.2) is 11.5 Å². The first-order valence-corrected chi connectivity index (χ1v) is 5.72. The number of hydrogen-bond donors (Lipinski definition) is 2. The maximum Gasteiger partial charge on any atom is 0.161 e. The lowest BCUT2D eigenvalue weighted by molar-refractivity contribution is 0.354. The van der Waals surface area contributed by atoms with Crippen LogP contribution in [0, 0.1) is 5.41 Å². The molecule has 0 saturated heterocycles. The number of hydrazone groups is 1. The zero-order chi connectivity index (χ0) is 13.8. The van der Waals surface area contributed by atoms with E-state index in [0.29, 0.717) is 11.5 Å². The van der Waals surface area contributed by atoms with Crippen LogP contribution in [0.25, 0.3) is 6.08 Å². The highest BCUT2D eigenvalue weighted by atomic mass is 16.5. The number of nitrogens with two attached hydrogens (primary N) is 1. The first-order chi connectivity index (χ1) is 9.17. The van der Waals surface area contributed by atoms with Gasteiger partial charge in [-0.3, -0.25) is 5.41 Å². The molecule has 6 nitrogen and oxygen atoms in total. The van der Waals surface area contributed by atoms with Crippen molar-refractivity contribution in [3.8, 4) is 11.5 Å². The minimum absolute atomic E-state index is 0.704. The van der Waals surface area contributed by atoms with Crippen molar-refractivity contribution in [3.63, 3.8) is 0 Å². The number of fused-ring (bicyclic) bond motifs is 1. The van der Waals surface area contributed by atoms with Crippen LogP contribution in [-0.4, -0.2) is 31.9 Å². The largest absolute Gasteiger partial charge is 0.493 e. The third kappa shape index (κ3) is 2.74. The Kier molecular flexibility index (Phi) is 3.82. The topological polar surface area (TPSA) is 83.9 Å². The van der Waals surface area contributed by atoms with Gasteiger partial charge in [0.25, 0.3) is 0 Å². The number of nitrogens with one attached hydrogen (secondary N) is 1. The summed E-state index contributed by atoms with van der Waals surface area (Å²) in [6.07, 6.45) is 5.35. The molecule has 1 aliphatic carbocycles. The Morgan fingerprint density at radius 3 is 2.63 bits per heavy atom. The quantitative estimate of drug-likeness (QED) is 0.363. The van der Waals surface area contributed by atoms with E-state index in [4.69, 9.17) is 20.7 Å². The molecule has 0 aliphatic heterocycles. The molecule has 19 heavy (non-hydrogen) atoms. The van der Waals surface area contributed by atoms with Crippen LogP contribution in [-0.2, 0) is 6.42 Å². The highest BCUT2D eigenvalue weighted by Gasteiger charge is 2.16. The molecule has 0 bridgehead atoms. The second-order valence-electron chi connectivity index (χ2n) is 4.06. The summed E-state index contributed by atoms with van der Waals surface area (Å²) in [5.74, 6) is 6.79. The molecule has 6 heteroatoms. The smallest absolute Gasteiger partial charge is 0.161 e. The monoisotopic (exact) mass is 260 g/mol. The summed E-state index contributed by atoms with van der Waals surface area (Å²) < 4.78 is 10.5. The highest BCUT2D eigenvalue weighted by molar-refractivity contribution is 5.90. The SMILES string of the molecule is COc1cc2c(cc1OC)CC(C=NN(N)C=N)=C2. The maximum atomic E-state index is 6.93. The Balaban J connectivity index is 2.24. The molecule has 100 valence electrons. The van der Waals surface area contributed by atoms with E-state index in [9.17, 15) is 0 Å². The molecule has 0 fully saturated rings. The number of hydrazine groups is 1. The van der Waals surface area contributed by atoms with E-state index in [-0.39, 0.29) is 0 Å². The van der Waals surface area contributed by atoms with E-state index in [1.807, 2.05) is 18.2 Å². The molecule has 1 aromatic carbocycles. The van der Waals surface area contributed by atoms with E-state index in [2.05, 4.69) is 5.10 Å². The first kappa shape index (κ1) is 13.1. The molecule has 2 rings (SSSR count). The van der Waals surface area contributed by atoms with E-state index < -0.39 is 0 Å². The molecule has 1 aliphatic rings. The van der Waals surface area contributed by atoms with Crippen molar-refractivity contribution in [2.75, 3.05) is 14.2 Å². The summed E-state index contributed by atoms with van der Waals surface area (Å²) >= 11 is 0. The predicted molar refractivity (Wildman–Crippen MR) is 74.5 cm³/mol. The van der Waals surface area contributed by atoms with E-state index in [1.54, 1.807) is 20.4 Å². The lowest BCUT2D eigenvalue weighted by Gasteiger charge is -2.09. The molecule has 0 radical (unpaired) electrons. The molecular formula is C13H16N4O2. The Hall–Kier alpha value is -2.34. The summed E-state index contributed by atoms with van der Waals surface area (Å²) in [6, 6.07) is 3.90. The van der Waals surface area contributed by atoms with Crippen molar-refractivity contribution in [2.24, 2.45) is 10.9 Å². The Morgan fingerprint density at radius 1 is 1.32 bits per heavy atom.